The van der Waals surface area contributed by atoms with Gasteiger partial charge in [0.2, 0.25) is 11.8 Å². The van der Waals surface area contributed by atoms with Gasteiger partial charge in [-0.2, -0.15) is 0 Å². The molecule has 2 aromatic rings. The molecule has 10 heteroatoms. The molecule has 0 aliphatic carbocycles. The summed E-state index contributed by atoms with van der Waals surface area (Å²) in [7, 11) is 1.56. The van der Waals surface area contributed by atoms with Crippen molar-refractivity contribution in [3.63, 3.8) is 0 Å². The van der Waals surface area contributed by atoms with Crippen LogP contribution in [0.25, 0.3) is 10.9 Å². The second-order valence-electron chi connectivity index (χ2n) is 10.1. The Morgan fingerprint density at radius 1 is 1.22 bits per heavy atom. The topological polar surface area (TPSA) is 141 Å². The third-order valence-corrected chi connectivity index (χ3v) is 6.81. The van der Waals surface area contributed by atoms with Crippen LogP contribution in [0.2, 0.25) is 0 Å². The number of methoxy groups -OCH3 is 1. The summed E-state index contributed by atoms with van der Waals surface area (Å²) in [6.45, 7) is 8.71. The Hall–Kier alpha value is -3.40. The summed E-state index contributed by atoms with van der Waals surface area (Å²) < 4.78 is 5.36. The highest BCUT2D eigenvalue weighted by Gasteiger charge is 2.36. The zero-order valence-electron chi connectivity index (χ0n) is 22.2. The fourth-order valence-electron chi connectivity index (χ4n) is 4.87. The number of rotatable bonds is 13. The molecule has 0 bridgehead atoms. The highest BCUT2D eigenvalue weighted by atomic mass is 16.5. The van der Waals surface area contributed by atoms with Gasteiger partial charge in [-0.1, -0.05) is 26.8 Å². The van der Waals surface area contributed by atoms with Crippen LogP contribution in [-0.2, 0) is 14.4 Å². The first-order valence-corrected chi connectivity index (χ1v) is 12.9. The van der Waals surface area contributed by atoms with Crippen LogP contribution in [0, 0.1) is 11.8 Å². The molecule has 202 valence electrons. The molecule has 1 aliphatic heterocycles. The van der Waals surface area contributed by atoms with E-state index in [0.717, 1.165) is 17.4 Å². The van der Waals surface area contributed by atoms with Crippen LogP contribution in [0.3, 0.4) is 0 Å². The number of fused-ring (bicyclic) bond motifs is 1. The van der Waals surface area contributed by atoms with E-state index in [1.807, 2.05) is 39.8 Å². The monoisotopic (exact) mass is 513 g/mol. The number of carbonyl (C=O) groups excluding carboxylic acids is 4. The molecule has 37 heavy (non-hydrogen) atoms. The van der Waals surface area contributed by atoms with Gasteiger partial charge < -0.3 is 35.8 Å². The Balaban J connectivity index is 1.66. The molecule has 1 fully saturated rings. The summed E-state index contributed by atoms with van der Waals surface area (Å²) in [5, 5.41) is 12.6. The second kappa shape index (κ2) is 12.7. The Labute approximate surface area is 217 Å². The van der Waals surface area contributed by atoms with Gasteiger partial charge in [0.05, 0.1) is 13.2 Å². The fourth-order valence-corrected chi connectivity index (χ4v) is 4.87. The Bertz CT molecular complexity index is 1110. The van der Waals surface area contributed by atoms with E-state index in [2.05, 4.69) is 26.3 Å². The van der Waals surface area contributed by atoms with Crippen molar-refractivity contribution in [1.29, 1.82) is 0 Å². The molecule has 2 unspecified atom stereocenters. The molecule has 3 amide bonds. The lowest BCUT2D eigenvalue weighted by Gasteiger charge is -2.23. The van der Waals surface area contributed by atoms with Crippen LogP contribution in [0.4, 0.5) is 0 Å². The number of benzene rings is 1. The van der Waals surface area contributed by atoms with E-state index in [4.69, 9.17) is 4.74 Å². The number of likely N-dealkylation sites (N-methyl/N-ethyl adjacent to an activating group) is 1. The number of hydrogen-bond acceptors (Lipinski definition) is 6. The van der Waals surface area contributed by atoms with Gasteiger partial charge >= 0.3 is 0 Å². The molecule has 5 atom stereocenters. The van der Waals surface area contributed by atoms with Crippen molar-refractivity contribution in [2.45, 2.75) is 71.1 Å². The number of carbonyl (C=O) groups is 4. The van der Waals surface area contributed by atoms with Crippen molar-refractivity contribution >= 4 is 34.9 Å². The van der Waals surface area contributed by atoms with E-state index >= 15 is 0 Å². The molecule has 1 aromatic heterocycles. The number of H-pyrrole nitrogens is 1. The number of nitrogens with one attached hydrogen (secondary N) is 5. The summed E-state index contributed by atoms with van der Waals surface area (Å²) in [5.74, 6) is -0.627. The van der Waals surface area contributed by atoms with Gasteiger partial charge in [0.25, 0.3) is 5.91 Å². The first-order chi connectivity index (χ1) is 17.7. The van der Waals surface area contributed by atoms with Gasteiger partial charge in [-0.15, -0.1) is 0 Å². The lowest BCUT2D eigenvalue weighted by Crippen LogP contribution is -2.51. The zero-order valence-corrected chi connectivity index (χ0v) is 22.2. The van der Waals surface area contributed by atoms with Crippen molar-refractivity contribution in [3.8, 4) is 5.75 Å². The lowest BCUT2D eigenvalue weighted by molar-refractivity contribution is -0.127. The number of hydrogen-bond donors (Lipinski definition) is 5. The summed E-state index contributed by atoms with van der Waals surface area (Å²) in [6.07, 6.45) is 1.84. The summed E-state index contributed by atoms with van der Waals surface area (Å²) in [6, 6.07) is 5.56. The SMILES string of the molecule is CCNC(C)C1C[C@@H](C[C@@H](C=O)NC(=O)[C@H](CC(C)C)NC(=O)c2cc3c(OC)cccc3[nH]2)C(=O)N1. The van der Waals surface area contributed by atoms with E-state index in [1.54, 1.807) is 19.2 Å². The Kier molecular flexibility index (Phi) is 9.68. The van der Waals surface area contributed by atoms with Gasteiger partial charge in [0.15, 0.2) is 0 Å². The molecule has 1 aromatic carbocycles. The molecule has 1 aliphatic rings. The van der Waals surface area contributed by atoms with Crippen molar-refractivity contribution in [1.82, 2.24) is 26.3 Å². The molecular weight excluding hydrogens is 474 g/mol. The lowest BCUT2D eigenvalue weighted by atomic mass is 9.94. The van der Waals surface area contributed by atoms with Crippen molar-refractivity contribution in [2.75, 3.05) is 13.7 Å². The minimum atomic E-state index is -0.845. The molecule has 1 saturated heterocycles. The van der Waals surface area contributed by atoms with Crippen LogP contribution < -0.4 is 26.0 Å². The van der Waals surface area contributed by atoms with Gasteiger partial charge in [-0.05, 0) is 56.8 Å². The summed E-state index contributed by atoms with van der Waals surface area (Å²) in [4.78, 5) is 53.6. The molecule has 3 rings (SSSR count). The average molecular weight is 514 g/mol. The average Bonchev–Trinajstić information content (AvgIpc) is 3.46. The predicted molar refractivity (Wildman–Crippen MR) is 141 cm³/mol. The van der Waals surface area contributed by atoms with Crippen LogP contribution >= 0.6 is 0 Å². The summed E-state index contributed by atoms with van der Waals surface area (Å²) >= 11 is 0. The number of amides is 3. The molecule has 10 nitrogen and oxygen atoms in total. The number of aromatic amines is 1. The highest BCUT2D eigenvalue weighted by Crippen LogP contribution is 2.26. The number of aldehydes is 1. The van der Waals surface area contributed by atoms with Crippen LogP contribution in [0.5, 0.6) is 5.75 Å². The van der Waals surface area contributed by atoms with Crippen molar-refractivity contribution < 1.29 is 23.9 Å². The minimum absolute atomic E-state index is 0.0247. The minimum Gasteiger partial charge on any atom is -0.496 e. The predicted octanol–water partition coefficient (Wildman–Crippen LogP) is 1.90. The zero-order chi connectivity index (χ0) is 27.1. The van der Waals surface area contributed by atoms with E-state index in [9.17, 15) is 19.2 Å². The standard InChI is InChI=1S/C27H39N5O5/c1-6-28-16(4)21-12-17(25(34)31-21)11-18(14-33)29-26(35)22(10-15(2)3)32-27(36)23-13-19-20(30-23)8-7-9-24(19)37-5/h7-9,13-18,21-22,28,30H,6,10-12H2,1-5H3,(H,29,35)(H,31,34)(H,32,36)/t16?,17-,18+,21?,22+/m1/s1. The molecular formula is C27H39N5O5. The first-order valence-electron chi connectivity index (χ1n) is 12.9. The normalized spacial score (nSPS) is 19.8. The Morgan fingerprint density at radius 2 is 1.97 bits per heavy atom. The number of aromatic nitrogens is 1. The maximum absolute atomic E-state index is 13.2. The highest BCUT2D eigenvalue weighted by molar-refractivity contribution is 6.01. The molecule has 0 radical (unpaired) electrons. The van der Waals surface area contributed by atoms with Crippen LogP contribution in [-0.4, -0.2) is 66.8 Å². The summed E-state index contributed by atoms with van der Waals surface area (Å²) in [5.41, 5.74) is 1.04. The van der Waals surface area contributed by atoms with Gasteiger partial charge in [-0.3, -0.25) is 14.4 Å². The third kappa shape index (κ3) is 7.09. The van der Waals surface area contributed by atoms with E-state index in [1.165, 1.54) is 0 Å². The van der Waals surface area contributed by atoms with Crippen molar-refractivity contribution in [3.05, 3.63) is 30.0 Å². The van der Waals surface area contributed by atoms with Crippen LogP contribution in [0.15, 0.2) is 24.3 Å². The van der Waals surface area contributed by atoms with Gasteiger partial charge in [-0.25, -0.2) is 0 Å². The fraction of sp³-hybridized carbons (Fsp3) is 0.556. The van der Waals surface area contributed by atoms with Gasteiger partial charge in [0.1, 0.15) is 23.8 Å². The smallest absolute Gasteiger partial charge is 0.268 e. The third-order valence-electron chi connectivity index (χ3n) is 6.81. The maximum Gasteiger partial charge on any atom is 0.268 e. The van der Waals surface area contributed by atoms with Crippen LogP contribution in [0.1, 0.15) is 57.4 Å². The van der Waals surface area contributed by atoms with Gasteiger partial charge in [0, 0.05) is 28.9 Å². The first kappa shape index (κ1) is 28.2. The van der Waals surface area contributed by atoms with Crippen molar-refractivity contribution in [2.24, 2.45) is 11.8 Å². The molecule has 0 spiro atoms. The van der Waals surface area contributed by atoms with E-state index in [-0.39, 0.29) is 36.2 Å². The van der Waals surface area contributed by atoms with E-state index in [0.29, 0.717) is 30.6 Å². The molecule has 5 N–H and O–H groups in total. The number of ether oxygens (including phenoxy) is 1. The Morgan fingerprint density at radius 3 is 2.62 bits per heavy atom. The quantitative estimate of drug-likeness (QED) is 0.259. The molecule has 2 heterocycles. The largest absolute Gasteiger partial charge is 0.496 e. The molecule has 0 saturated carbocycles. The van der Waals surface area contributed by atoms with E-state index < -0.39 is 23.9 Å². The maximum atomic E-state index is 13.2. The second-order valence-corrected chi connectivity index (χ2v) is 10.1.